The standard InChI is InChI=1S/C10H18N4O/c1-4-8-12-9(5-10(15)13-8)14(3)6-7(2)11/h5,7H,4,6,11H2,1-3H3,(H,12,13,15). The molecule has 0 amide bonds. The molecule has 5 nitrogen and oxygen atoms in total. The number of nitrogens with two attached hydrogens (primary N) is 1. The lowest BCUT2D eigenvalue weighted by Gasteiger charge is -2.20. The zero-order valence-corrected chi connectivity index (χ0v) is 9.45. The van der Waals surface area contributed by atoms with Crippen molar-refractivity contribution >= 4 is 5.82 Å². The SMILES string of the molecule is CCc1nc(N(C)CC(C)N)cc(=O)[nH]1. The Morgan fingerprint density at radius 2 is 2.33 bits per heavy atom. The quantitative estimate of drug-likeness (QED) is 0.740. The highest BCUT2D eigenvalue weighted by atomic mass is 16.1. The van der Waals surface area contributed by atoms with Crippen LogP contribution in [0.1, 0.15) is 19.7 Å². The third kappa shape index (κ3) is 3.36. The van der Waals surface area contributed by atoms with Gasteiger partial charge in [0.25, 0.3) is 5.56 Å². The Hall–Kier alpha value is -1.36. The molecule has 0 bridgehead atoms. The van der Waals surface area contributed by atoms with Gasteiger partial charge < -0.3 is 15.6 Å². The average molecular weight is 210 g/mol. The molecule has 0 spiro atoms. The minimum atomic E-state index is -0.117. The number of nitrogens with zero attached hydrogens (tertiary/aromatic N) is 2. The lowest BCUT2D eigenvalue weighted by molar-refractivity contribution is 0.707. The third-order valence-corrected chi connectivity index (χ3v) is 2.07. The van der Waals surface area contributed by atoms with Crippen LogP contribution in [0.15, 0.2) is 10.9 Å². The van der Waals surface area contributed by atoms with Crippen molar-refractivity contribution in [2.24, 2.45) is 5.73 Å². The van der Waals surface area contributed by atoms with E-state index in [0.29, 0.717) is 18.2 Å². The predicted molar refractivity (Wildman–Crippen MR) is 61.2 cm³/mol. The summed E-state index contributed by atoms with van der Waals surface area (Å²) >= 11 is 0. The highest BCUT2D eigenvalue weighted by molar-refractivity contribution is 5.36. The zero-order valence-electron chi connectivity index (χ0n) is 9.45. The van der Waals surface area contributed by atoms with Gasteiger partial charge in [-0.2, -0.15) is 0 Å². The molecule has 1 heterocycles. The summed E-state index contributed by atoms with van der Waals surface area (Å²) in [6, 6.07) is 1.54. The van der Waals surface area contributed by atoms with Gasteiger partial charge >= 0.3 is 0 Å². The van der Waals surface area contributed by atoms with E-state index in [0.717, 1.165) is 6.42 Å². The summed E-state index contributed by atoms with van der Waals surface area (Å²) in [6.45, 7) is 4.55. The van der Waals surface area contributed by atoms with Gasteiger partial charge in [-0.15, -0.1) is 0 Å². The van der Waals surface area contributed by atoms with Crippen molar-refractivity contribution in [1.29, 1.82) is 0 Å². The first-order valence-electron chi connectivity index (χ1n) is 5.10. The summed E-state index contributed by atoms with van der Waals surface area (Å²) < 4.78 is 0. The molecule has 0 aliphatic carbocycles. The van der Waals surface area contributed by atoms with E-state index in [1.807, 2.05) is 25.8 Å². The smallest absolute Gasteiger partial charge is 0.252 e. The molecule has 0 saturated heterocycles. The van der Waals surface area contributed by atoms with E-state index in [1.165, 1.54) is 6.07 Å². The van der Waals surface area contributed by atoms with Gasteiger partial charge in [0, 0.05) is 32.1 Å². The second kappa shape index (κ2) is 4.93. The first kappa shape index (κ1) is 11.7. The summed E-state index contributed by atoms with van der Waals surface area (Å²) in [5.41, 5.74) is 5.57. The number of hydrogen-bond donors (Lipinski definition) is 2. The molecule has 1 aromatic heterocycles. The lowest BCUT2D eigenvalue weighted by Crippen LogP contribution is -2.34. The number of aryl methyl sites for hydroxylation is 1. The molecule has 84 valence electrons. The van der Waals surface area contributed by atoms with Crippen LogP contribution in [0.5, 0.6) is 0 Å². The Bertz CT molecular complexity index is 372. The molecule has 0 radical (unpaired) electrons. The average Bonchev–Trinajstić information content (AvgIpc) is 2.15. The van der Waals surface area contributed by atoms with E-state index in [2.05, 4.69) is 9.97 Å². The Morgan fingerprint density at radius 1 is 1.67 bits per heavy atom. The number of likely N-dealkylation sites (N-methyl/N-ethyl adjacent to an activating group) is 1. The van der Waals surface area contributed by atoms with Crippen LogP contribution in [0.4, 0.5) is 5.82 Å². The van der Waals surface area contributed by atoms with Crippen LogP contribution in [0.25, 0.3) is 0 Å². The number of rotatable bonds is 4. The highest BCUT2D eigenvalue weighted by Gasteiger charge is 2.06. The maximum Gasteiger partial charge on any atom is 0.252 e. The monoisotopic (exact) mass is 210 g/mol. The highest BCUT2D eigenvalue weighted by Crippen LogP contribution is 2.05. The summed E-state index contributed by atoms with van der Waals surface area (Å²) in [5, 5.41) is 0. The molecule has 0 aromatic carbocycles. The number of hydrogen-bond acceptors (Lipinski definition) is 4. The van der Waals surface area contributed by atoms with E-state index in [4.69, 9.17) is 5.73 Å². The van der Waals surface area contributed by atoms with Gasteiger partial charge in [-0.05, 0) is 6.92 Å². The molecule has 1 unspecified atom stereocenters. The van der Waals surface area contributed by atoms with Gasteiger partial charge in [-0.3, -0.25) is 4.79 Å². The molecule has 0 aliphatic heterocycles. The summed E-state index contributed by atoms with van der Waals surface area (Å²) in [6.07, 6.45) is 0.717. The van der Waals surface area contributed by atoms with Gasteiger partial charge in [0.15, 0.2) is 0 Å². The van der Waals surface area contributed by atoms with Gasteiger partial charge in [-0.1, -0.05) is 6.92 Å². The fourth-order valence-corrected chi connectivity index (χ4v) is 1.38. The van der Waals surface area contributed by atoms with Crippen molar-refractivity contribution in [2.45, 2.75) is 26.3 Å². The molecule has 1 rings (SSSR count). The number of H-pyrrole nitrogens is 1. The Morgan fingerprint density at radius 3 is 2.87 bits per heavy atom. The van der Waals surface area contributed by atoms with Crippen LogP contribution >= 0.6 is 0 Å². The van der Waals surface area contributed by atoms with Crippen LogP contribution in [0.2, 0.25) is 0 Å². The second-order valence-corrected chi connectivity index (χ2v) is 3.76. The molecule has 15 heavy (non-hydrogen) atoms. The first-order chi connectivity index (χ1) is 7.02. The Labute approximate surface area is 89.3 Å². The normalized spacial score (nSPS) is 12.5. The predicted octanol–water partition coefficient (Wildman–Crippen LogP) is 0.116. The zero-order chi connectivity index (χ0) is 11.4. The largest absolute Gasteiger partial charge is 0.358 e. The van der Waals surface area contributed by atoms with Crippen LogP contribution < -0.4 is 16.2 Å². The maximum atomic E-state index is 11.3. The van der Waals surface area contributed by atoms with E-state index in [1.54, 1.807) is 0 Å². The molecule has 3 N–H and O–H groups in total. The number of anilines is 1. The molecular weight excluding hydrogens is 192 g/mol. The lowest BCUT2D eigenvalue weighted by atomic mass is 10.3. The molecule has 0 saturated carbocycles. The number of aromatic amines is 1. The Kier molecular flexibility index (Phi) is 3.85. The summed E-state index contributed by atoms with van der Waals surface area (Å²) in [5.74, 6) is 1.38. The topological polar surface area (TPSA) is 75.0 Å². The van der Waals surface area contributed by atoms with Crippen LogP contribution in [0, 0.1) is 0 Å². The van der Waals surface area contributed by atoms with E-state index in [9.17, 15) is 4.79 Å². The van der Waals surface area contributed by atoms with E-state index >= 15 is 0 Å². The second-order valence-electron chi connectivity index (χ2n) is 3.76. The van der Waals surface area contributed by atoms with Crippen molar-refractivity contribution in [1.82, 2.24) is 9.97 Å². The Balaban J connectivity index is 2.93. The molecule has 1 aromatic rings. The van der Waals surface area contributed by atoms with E-state index < -0.39 is 0 Å². The fourth-order valence-electron chi connectivity index (χ4n) is 1.38. The fraction of sp³-hybridized carbons (Fsp3) is 0.600. The van der Waals surface area contributed by atoms with Crippen molar-refractivity contribution in [3.8, 4) is 0 Å². The molecule has 0 fully saturated rings. The molecule has 1 atom stereocenters. The summed E-state index contributed by atoms with van der Waals surface area (Å²) in [7, 11) is 1.88. The molecular formula is C10H18N4O. The van der Waals surface area contributed by atoms with Crippen molar-refractivity contribution in [3.63, 3.8) is 0 Å². The minimum absolute atomic E-state index is 0.0566. The maximum absolute atomic E-state index is 11.3. The van der Waals surface area contributed by atoms with Crippen molar-refractivity contribution < 1.29 is 0 Å². The van der Waals surface area contributed by atoms with Gasteiger partial charge in [0.05, 0.1) is 0 Å². The van der Waals surface area contributed by atoms with Crippen LogP contribution in [-0.4, -0.2) is 29.6 Å². The van der Waals surface area contributed by atoms with Gasteiger partial charge in [0.1, 0.15) is 11.6 Å². The van der Waals surface area contributed by atoms with Crippen LogP contribution in [0.3, 0.4) is 0 Å². The minimum Gasteiger partial charge on any atom is -0.358 e. The summed E-state index contributed by atoms with van der Waals surface area (Å²) in [4.78, 5) is 20.2. The first-order valence-corrected chi connectivity index (χ1v) is 5.10. The third-order valence-electron chi connectivity index (χ3n) is 2.07. The van der Waals surface area contributed by atoms with Gasteiger partial charge in [0.2, 0.25) is 0 Å². The van der Waals surface area contributed by atoms with E-state index in [-0.39, 0.29) is 11.6 Å². The molecule has 5 heteroatoms. The number of nitrogens with one attached hydrogen (secondary N) is 1. The number of aromatic nitrogens is 2. The van der Waals surface area contributed by atoms with Crippen molar-refractivity contribution in [2.75, 3.05) is 18.5 Å². The van der Waals surface area contributed by atoms with Crippen molar-refractivity contribution in [3.05, 3.63) is 22.2 Å². The van der Waals surface area contributed by atoms with Crippen LogP contribution in [-0.2, 0) is 6.42 Å². The molecule has 0 aliphatic rings. The van der Waals surface area contributed by atoms with Gasteiger partial charge in [-0.25, -0.2) is 4.98 Å².